The summed E-state index contributed by atoms with van der Waals surface area (Å²) in [5, 5.41) is 3.47. The second-order valence-electron chi connectivity index (χ2n) is 7.62. The van der Waals surface area contributed by atoms with Gasteiger partial charge in [0.05, 0.1) is 15.4 Å². The maximum Gasteiger partial charge on any atom is 0.417 e. The quantitative estimate of drug-likeness (QED) is 0.787. The number of alkyl halides is 3. The second kappa shape index (κ2) is 7.32. The standard InChI is InChI=1S/C21H23F3N2O2S/c1-2-26-11-9-15-16-13-14(7-8-18(16)25-19(15)10-12-26)29(27,28)20-6-4-3-5-17(20)21(22,23)24/h3-8,13,15,19,25H,2,9-12H2,1H3/t15-,19+/m1/s1. The smallest absolute Gasteiger partial charge is 0.381 e. The lowest BCUT2D eigenvalue weighted by molar-refractivity contribution is -0.139. The van der Waals surface area contributed by atoms with Crippen LogP contribution in [0, 0.1) is 0 Å². The van der Waals surface area contributed by atoms with Crippen molar-refractivity contribution in [3.8, 4) is 0 Å². The molecule has 1 fully saturated rings. The van der Waals surface area contributed by atoms with Crippen molar-refractivity contribution < 1.29 is 21.6 Å². The van der Waals surface area contributed by atoms with Crippen molar-refractivity contribution in [2.75, 3.05) is 25.0 Å². The van der Waals surface area contributed by atoms with E-state index in [-0.39, 0.29) is 16.9 Å². The third-order valence-electron chi connectivity index (χ3n) is 6.00. The van der Waals surface area contributed by atoms with Crippen LogP contribution in [-0.4, -0.2) is 39.0 Å². The second-order valence-corrected chi connectivity index (χ2v) is 9.53. The van der Waals surface area contributed by atoms with Gasteiger partial charge >= 0.3 is 6.18 Å². The van der Waals surface area contributed by atoms with E-state index in [1.54, 1.807) is 12.1 Å². The van der Waals surface area contributed by atoms with Gasteiger partial charge in [0.2, 0.25) is 9.84 Å². The number of rotatable bonds is 3. The molecule has 4 rings (SSSR count). The van der Waals surface area contributed by atoms with Gasteiger partial charge in [-0.25, -0.2) is 8.42 Å². The number of sulfone groups is 1. The van der Waals surface area contributed by atoms with Crippen LogP contribution in [-0.2, 0) is 16.0 Å². The highest BCUT2D eigenvalue weighted by molar-refractivity contribution is 7.91. The first kappa shape index (κ1) is 20.2. The Morgan fingerprint density at radius 2 is 1.83 bits per heavy atom. The molecule has 0 spiro atoms. The van der Waals surface area contributed by atoms with Crippen LogP contribution in [0.4, 0.5) is 18.9 Å². The van der Waals surface area contributed by atoms with E-state index in [2.05, 4.69) is 17.1 Å². The van der Waals surface area contributed by atoms with Crippen LogP contribution in [0.1, 0.15) is 36.8 Å². The molecule has 1 saturated heterocycles. The number of anilines is 1. The fourth-order valence-electron chi connectivity index (χ4n) is 4.43. The van der Waals surface area contributed by atoms with E-state index < -0.39 is 26.5 Å². The number of nitrogens with zero attached hydrogens (tertiary/aromatic N) is 1. The lowest BCUT2D eigenvalue weighted by Gasteiger charge is -2.18. The van der Waals surface area contributed by atoms with Gasteiger partial charge in [0.15, 0.2) is 0 Å². The van der Waals surface area contributed by atoms with Gasteiger partial charge in [-0.15, -0.1) is 0 Å². The Labute approximate surface area is 168 Å². The van der Waals surface area contributed by atoms with E-state index in [1.165, 1.54) is 18.2 Å². The first-order valence-electron chi connectivity index (χ1n) is 9.76. The van der Waals surface area contributed by atoms with E-state index >= 15 is 0 Å². The van der Waals surface area contributed by atoms with Gasteiger partial charge in [-0.1, -0.05) is 19.1 Å². The Bertz CT molecular complexity index is 1020. The summed E-state index contributed by atoms with van der Waals surface area (Å²) in [5.41, 5.74) is 0.635. The molecule has 8 heteroatoms. The molecule has 0 saturated carbocycles. The van der Waals surface area contributed by atoms with Crippen LogP contribution in [0.2, 0.25) is 0 Å². The van der Waals surface area contributed by atoms with Crippen molar-refractivity contribution >= 4 is 15.5 Å². The first-order valence-corrected chi connectivity index (χ1v) is 11.2. The molecule has 0 aliphatic carbocycles. The molecule has 2 aromatic rings. The zero-order valence-corrected chi connectivity index (χ0v) is 16.9. The van der Waals surface area contributed by atoms with Crippen LogP contribution < -0.4 is 5.32 Å². The van der Waals surface area contributed by atoms with Crippen molar-refractivity contribution in [2.24, 2.45) is 0 Å². The Morgan fingerprint density at radius 3 is 2.55 bits per heavy atom. The number of halogens is 3. The highest BCUT2D eigenvalue weighted by atomic mass is 32.2. The zero-order valence-electron chi connectivity index (χ0n) is 16.0. The highest BCUT2D eigenvalue weighted by Gasteiger charge is 2.39. The normalized spacial score (nSPS) is 22.5. The molecule has 0 bridgehead atoms. The summed E-state index contributed by atoms with van der Waals surface area (Å²) in [6.07, 6.45) is -2.90. The summed E-state index contributed by atoms with van der Waals surface area (Å²) < 4.78 is 66.3. The van der Waals surface area contributed by atoms with E-state index in [1.807, 2.05) is 0 Å². The fourth-order valence-corrected chi connectivity index (χ4v) is 5.94. The SMILES string of the molecule is CCN1CC[C@@H]2Nc3ccc(S(=O)(=O)c4ccccc4C(F)(F)F)cc3[C@H]2CC1. The summed E-state index contributed by atoms with van der Waals surface area (Å²) in [6.45, 7) is 4.98. The number of benzene rings is 2. The van der Waals surface area contributed by atoms with Gasteiger partial charge in [-0.2, -0.15) is 13.2 Å². The first-order chi connectivity index (χ1) is 13.7. The Morgan fingerprint density at radius 1 is 1.10 bits per heavy atom. The minimum atomic E-state index is -4.74. The van der Waals surface area contributed by atoms with Crippen LogP contribution in [0.25, 0.3) is 0 Å². The van der Waals surface area contributed by atoms with E-state index in [4.69, 9.17) is 0 Å². The fraction of sp³-hybridized carbons (Fsp3) is 0.429. The van der Waals surface area contributed by atoms with Crippen molar-refractivity contribution in [1.82, 2.24) is 4.90 Å². The molecule has 2 aliphatic heterocycles. The average Bonchev–Trinajstić information content (AvgIpc) is 2.91. The molecule has 0 unspecified atom stereocenters. The lowest BCUT2D eigenvalue weighted by Crippen LogP contribution is -2.25. The van der Waals surface area contributed by atoms with Crippen LogP contribution in [0.3, 0.4) is 0 Å². The maximum atomic E-state index is 13.4. The van der Waals surface area contributed by atoms with Crippen molar-refractivity contribution in [1.29, 1.82) is 0 Å². The highest BCUT2D eigenvalue weighted by Crippen LogP contribution is 2.43. The molecule has 0 aromatic heterocycles. The van der Waals surface area contributed by atoms with E-state index in [0.717, 1.165) is 55.9 Å². The Kier molecular flexibility index (Phi) is 5.11. The molecule has 2 aliphatic rings. The lowest BCUT2D eigenvalue weighted by atomic mass is 9.91. The van der Waals surface area contributed by atoms with Crippen molar-refractivity contribution in [3.63, 3.8) is 0 Å². The minimum absolute atomic E-state index is 0.0907. The molecular weight excluding hydrogens is 401 g/mol. The number of nitrogens with one attached hydrogen (secondary N) is 1. The summed E-state index contributed by atoms with van der Waals surface area (Å²) in [5.74, 6) is 0.162. The summed E-state index contributed by atoms with van der Waals surface area (Å²) in [4.78, 5) is 1.57. The maximum absolute atomic E-state index is 13.4. The molecule has 156 valence electrons. The summed E-state index contributed by atoms with van der Waals surface area (Å²) >= 11 is 0. The van der Waals surface area contributed by atoms with Crippen LogP contribution >= 0.6 is 0 Å². The topological polar surface area (TPSA) is 49.4 Å². The molecule has 4 nitrogen and oxygen atoms in total. The third-order valence-corrected chi connectivity index (χ3v) is 7.81. The van der Waals surface area contributed by atoms with Gasteiger partial charge in [0.1, 0.15) is 0 Å². The van der Waals surface area contributed by atoms with Crippen LogP contribution in [0.15, 0.2) is 52.3 Å². The van der Waals surface area contributed by atoms with Gasteiger partial charge in [0, 0.05) is 24.2 Å². The predicted molar refractivity (Wildman–Crippen MR) is 105 cm³/mol. The Hall–Kier alpha value is -2.06. The Balaban J connectivity index is 1.73. The van der Waals surface area contributed by atoms with Crippen molar-refractivity contribution in [3.05, 3.63) is 53.6 Å². The molecule has 0 amide bonds. The summed E-state index contributed by atoms with van der Waals surface area (Å²) in [7, 11) is -4.29. The molecule has 1 N–H and O–H groups in total. The summed E-state index contributed by atoms with van der Waals surface area (Å²) in [6, 6.07) is 9.23. The predicted octanol–water partition coefficient (Wildman–Crippen LogP) is 4.53. The molecule has 29 heavy (non-hydrogen) atoms. The van der Waals surface area contributed by atoms with Gasteiger partial charge in [-0.05, 0) is 61.8 Å². The number of likely N-dealkylation sites (tertiary alicyclic amines) is 1. The molecule has 2 heterocycles. The van der Waals surface area contributed by atoms with Crippen LogP contribution in [0.5, 0.6) is 0 Å². The number of hydrogen-bond acceptors (Lipinski definition) is 4. The number of fused-ring (bicyclic) bond motifs is 3. The van der Waals surface area contributed by atoms with Gasteiger partial charge < -0.3 is 10.2 Å². The number of hydrogen-bond donors (Lipinski definition) is 1. The zero-order chi connectivity index (χ0) is 20.8. The van der Waals surface area contributed by atoms with E-state index in [9.17, 15) is 21.6 Å². The average molecular weight is 424 g/mol. The largest absolute Gasteiger partial charge is 0.417 e. The van der Waals surface area contributed by atoms with Gasteiger partial charge in [0.25, 0.3) is 0 Å². The van der Waals surface area contributed by atoms with E-state index in [0.29, 0.717) is 0 Å². The van der Waals surface area contributed by atoms with Gasteiger partial charge in [-0.3, -0.25) is 0 Å². The third kappa shape index (κ3) is 3.64. The van der Waals surface area contributed by atoms with Crippen molar-refractivity contribution in [2.45, 2.75) is 47.7 Å². The molecule has 0 radical (unpaired) electrons. The molecular formula is C21H23F3N2O2S. The molecule has 2 atom stereocenters. The minimum Gasteiger partial charge on any atom is -0.381 e. The monoisotopic (exact) mass is 424 g/mol. The molecule has 2 aromatic carbocycles.